The Morgan fingerprint density at radius 2 is 2.04 bits per heavy atom. The van der Waals surface area contributed by atoms with Crippen molar-refractivity contribution in [2.75, 3.05) is 17.2 Å². The minimum atomic E-state index is -0.155. The van der Waals surface area contributed by atoms with Gasteiger partial charge in [0.2, 0.25) is 0 Å². The van der Waals surface area contributed by atoms with Gasteiger partial charge in [0.15, 0.2) is 0 Å². The Balaban J connectivity index is 2.17. The minimum absolute atomic E-state index is 0.155. The van der Waals surface area contributed by atoms with Crippen LogP contribution in [0.3, 0.4) is 0 Å². The van der Waals surface area contributed by atoms with Crippen LogP contribution in [0, 0.1) is 4.91 Å². The summed E-state index contributed by atoms with van der Waals surface area (Å²) in [6.45, 7) is 7.24. The number of hydrogen-bond acceptors (Lipinski definition) is 4. The van der Waals surface area contributed by atoms with E-state index in [0.717, 1.165) is 30.6 Å². The Labute approximate surface area is 146 Å². The predicted octanol–water partition coefficient (Wildman–Crippen LogP) is 3.81. The Bertz CT molecular complexity index is 710. The molecule has 0 radical (unpaired) electrons. The minimum Gasteiger partial charge on any atom is -0.385 e. The number of benzene rings is 1. The second kappa shape index (κ2) is 8.59. The van der Waals surface area contributed by atoms with Crippen molar-refractivity contribution < 1.29 is 9.97 Å². The molecule has 0 atom stereocenters. The number of nitroso groups, excluding NO2 is 1. The first-order valence-corrected chi connectivity index (χ1v) is 9.04. The Hall–Kier alpha value is -2.21. The molecular weight excluding hydrogens is 322 g/mol. The number of carbonyl (C=O) groups is 1. The van der Waals surface area contributed by atoms with Crippen molar-refractivity contribution in [3.63, 3.8) is 0 Å². The zero-order valence-electron chi connectivity index (χ0n) is 14.3. The van der Waals surface area contributed by atoms with Gasteiger partial charge in [0.05, 0.1) is 0 Å². The summed E-state index contributed by atoms with van der Waals surface area (Å²) < 4.78 is 0. The Morgan fingerprint density at radius 1 is 1.25 bits per heavy atom. The van der Waals surface area contributed by atoms with Crippen molar-refractivity contribution in [1.82, 2.24) is 0 Å². The third-order valence-corrected chi connectivity index (χ3v) is 4.62. The van der Waals surface area contributed by atoms with Crippen molar-refractivity contribution in [2.45, 2.75) is 39.5 Å². The SMILES string of the molecule is CCCCNc1ccc(C(=O)Nc2ccc([NH+]=O)s2)c(C(C)C)c1. The summed E-state index contributed by atoms with van der Waals surface area (Å²) >= 11 is 1.22. The largest absolute Gasteiger partial charge is 0.385 e. The van der Waals surface area contributed by atoms with Crippen molar-refractivity contribution in [3.05, 3.63) is 46.4 Å². The molecule has 5 nitrogen and oxygen atoms in total. The smallest absolute Gasteiger partial charge is 0.310 e. The topological polar surface area (TPSA) is 72.2 Å². The summed E-state index contributed by atoms with van der Waals surface area (Å²) in [6.07, 6.45) is 2.26. The van der Waals surface area contributed by atoms with Gasteiger partial charge >= 0.3 is 5.00 Å². The first-order chi connectivity index (χ1) is 11.5. The highest BCUT2D eigenvalue weighted by molar-refractivity contribution is 7.19. The summed E-state index contributed by atoms with van der Waals surface area (Å²) in [5.74, 6) is 0.0824. The van der Waals surface area contributed by atoms with Crippen LogP contribution in [0.2, 0.25) is 0 Å². The molecule has 1 aromatic heterocycles. The van der Waals surface area contributed by atoms with E-state index in [4.69, 9.17) is 0 Å². The van der Waals surface area contributed by atoms with Gasteiger partial charge in [0, 0.05) is 33.9 Å². The van der Waals surface area contributed by atoms with E-state index in [1.807, 2.05) is 23.4 Å². The predicted molar refractivity (Wildman–Crippen MR) is 100 cm³/mol. The standard InChI is InChI=1S/C18H23N3O2S/c1-4-5-10-19-13-6-7-14(15(11-13)12(2)3)18(22)20-16-8-9-17(21-23)24-16/h6-9,11-12,19H,4-5,10H2,1-3H3,(H,20,22)/p+1. The maximum Gasteiger partial charge on any atom is 0.310 e. The fourth-order valence-electron chi connectivity index (χ4n) is 2.41. The van der Waals surface area contributed by atoms with Crippen LogP contribution in [-0.4, -0.2) is 12.5 Å². The molecule has 1 aromatic carbocycles. The van der Waals surface area contributed by atoms with Crippen LogP contribution in [0.5, 0.6) is 0 Å². The molecule has 24 heavy (non-hydrogen) atoms. The molecule has 0 saturated carbocycles. The highest BCUT2D eigenvalue weighted by atomic mass is 32.1. The van der Waals surface area contributed by atoms with Crippen LogP contribution in [-0.2, 0) is 0 Å². The number of thiophene rings is 1. The first-order valence-electron chi connectivity index (χ1n) is 8.22. The number of nitrogens with one attached hydrogen (secondary N) is 3. The summed E-state index contributed by atoms with van der Waals surface area (Å²) in [6, 6.07) is 9.22. The summed E-state index contributed by atoms with van der Waals surface area (Å²) in [5, 5.41) is 9.21. The average Bonchev–Trinajstić information content (AvgIpc) is 3.02. The van der Waals surface area contributed by atoms with E-state index in [1.54, 1.807) is 12.1 Å². The van der Waals surface area contributed by atoms with E-state index < -0.39 is 0 Å². The first kappa shape index (κ1) is 18.1. The molecule has 3 N–H and O–H groups in total. The van der Waals surface area contributed by atoms with Crippen LogP contribution in [0.25, 0.3) is 0 Å². The molecule has 6 heteroatoms. The molecule has 2 rings (SSSR count). The summed E-state index contributed by atoms with van der Waals surface area (Å²) in [7, 11) is 0. The van der Waals surface area contributed by atoms with Crippen LogP contribution in [0.4, 0.5) is 15.7 Å². The summed E-state index contributed by atoms with van der Waals surface area (Å²) in [5.41, 5.74) is 2.71. The fourth-order valence-corrected chi connectivity index (χ4v) is 3.10. The maximum absolute atomic E-state index is 12.6. The Morgan fingerprint density at radius 3 is 2.67 bits per heavy atom. The number of unbranched alkanes of at least 4 members (excludes halogenated alkanes) is 1. The van der Waals surface area contributed by atoms with Gasteiger partial charge in [-0.1, -0.05) is 27.2 Å². The number of hydrogen-bond donors (Lipinski definition) is 3. The normalized spacial score (nSPS) is 10.7. The van der Waals surface area contributed by atoms with Crippen LogP contribution in [0.15, 0.2) is 30.3 Å². The molecule has 1 amide bonds. The second-order valence-electron chi connectivity index (χ2n) is 5.96. The quantitative estimate of drug-likeness (QED) is 0.636. The van der Waals surface area contributed by atoms with Gasteiger partial charge in [-0.15, -0.1) is 0 Å². The van der Waals surface area contributed by atoms with Gasteiger partial charge < -0.3 is 10.6 Å². The second-order valence-corrected chi connectivity index (χ2v) is 7.04. The van der Waals surface area contributed by atoms with E-state index in [9.17, 15) is 9.70 Å². The molecule has 0 aliphatic carbocycles. The zero-order valence-corrected chi connectivity index (χ0v) is 15.1. The number of rotatable bonds is 8. The molecule has 0 spiro atoms. The highest BCUT2D eigenvalue weighted by Gasteiger charge is 2.16. The molecule has 0 unspecified atom stereocenters. The van der Waals surface area contributed by atoms with Crippen LogP contribution < -0.4 is 15.8 Å². The van der Waals surface area contributed by atoms with Gasteiger partial charge in [-0.25, -0.2) is 0 Å². The van der Waals surface area contributed by atoms with Gasteiger partial charge in [-0.05, 0) is 53.5 Å². The van der Waals surface area contributed by atoms with E-state index in [0.29, 0.717) is 15.6 Å². The van der Waals surface area contributed by atoms with E-state index in [-0.39, 0.29) is 11.8 Å². The van der Waals surface area contributed by atoms with Crippen molar-refractivity contribution in [3.8, 4) is 0 Å². The third-order valence-electron chi connectivity index (χ3n) is 3.72. The average molecular weight is 346 g/mol. The molecule has 1 heterocycles. The molecule has 0 aliphatic heterocycles. The third kappa shape index (κ3) is 4.64. The van der Waals surface area contributed by atoms with Gasteiger partial charge in [0.25, 0.3) is 5.91 Å². The van der Waals surface area contributed by atoms with Crippen molar-refractivity contribution in [1.29, 1.82) is 0 Å². The molecule has 0 bridgehead atoms. The van der Waals surface area contributed by atoms with Gasteiger partial charge in [-0.3, -0.25) is 4.79 Å². The summed E-state index contributed by atoms with van der Waals surface area (Å²) in [4.78, 5) is 23.2. The zero-order chi connectivity index (χ0) is 17.5. The van der Waals surface area contributed by atoms with E-state index in [2.05, 4.69) is 31.4 Å². The lowest BCUT2D eigenvalue weighted by atomic mass is 9.96. The molecule has 0 aliphatic rings. The monoisotopic (exact) mass is 346 g/mol. The number of carbonyl (C=O) groups excluding carboxylic acids is 1. The fraction of sp³-hybridized carbons (Fsp3) is 0.389. The molecular formula is C18H24N3O2S+. The van der Waals surface area contributed by atoms with Gasteiger partial charge in [0.1, 0.15) is 5.00 Å². The maximum atomic E-state index is 12.6. The van der Waals surface area contributed by atoms with Crippen LogP contribution in [0.1, 0.15) is 55.5 Å². The lowest BCUT2D eigenvalue weighted by Gasteiger charge is -2.15. The van der Waals surface area contributed by atoms with Gasteiger partial charge in [-0.2, -0.15) is 0 Å². The van der Waals surface area contributed by atoms with Crippen molar-refractivity contribution >= 4 is 32.9 Å². The number of anilines is 2. The lowest BCUT2D eigenvalue weighted by molar-refractivity contribution is -0.374. The molecule has 2 aromatic rings. The lowest BCUT2D eigenvalue weighted by Crippen LogP contribution is -2.54. The molecule has 0 saturated heterocycles. The molecule has 128 valence electrons. The van der Waals surface area contributed by atoms with Crippen LogP contribution >= 0.6 is 11.3 Å². The van der Waals surface area contributed by atoms with E-state index in [1.165, 1.54) is 11.3 Å². The molecule has 0 fully saturated rings. The van der Waals surface area contributed by atoms with E-state index >= 15 is 0 Å². The highest BCUT2D eigenvalue weighted by Crippen LogP contribution is 2.27. The number of amides is 1. The Kier molecular flexibility index (Phi) is 6.49. The van der Waals surface area contributed by atoms with Crippen molar-refractivity contribution in [2.24, 2.45) is 0 Å².